The van der Waals surface area contributed by atoms with Gasteiger partial charge in [0, 0.05) is 33.5 Å². The van der Waals surface area contributed by atoms with E-state index in [0.717, 1.165) is 33.2 Å². The Bertz CT molecular complexity index is 1060. The summed E-state index contributed by atoms with van der Waals surface area (Å²) in [5.41, 5.74) is 4.76. The van der Waals surface area contributed by atoms with Crippen molar-refractivity contribution in [3.05, 3.63) is 76.4 Å². The first-order chi connectivity index (χ1) is 12.6. The summed E-state index contributed by atoms with van der Waals surface area (Å²) in [6, 6.07) is 15.4. The fourth-order valence-corrected chi connectivity index (χ4v) is 3.72. The predicted molar refractivity (Wildman–Crippen MR) is 107 cm³/mol. The summed E-state index contributed by atoms with van der Waals surface area (Å²) >= 11 is 7.47. The number of thiazole rings is 1. The molecule has 4 rings (SSSR count). The molecule has 6 heteroatoms. The highest BCUT2D eigenvalue weighted by Crippen LogP contribution is 2.25. The van der Waals surface area contributed by atoms with E-state index in [2.05, 4.69) is 10.3 Å². The Labute approximate surface area is 160 Å². The Morgan fingerprint density at radius 3 is 2.62 bits per heavy atom. The van der Waals surface area contributed by atoms with E-state index < -0.39 is 0 Å². The molecule has 1 amide bonds. The number of nitrogens with one attached hydrogen (secondary N) is 1. The number of fused-ring (bicyclic) bond motifs is 1. The first kappa shape index (κ1) is 16.8. The lowest BCUT2D eigenvalue weighted by Gasteiger charge is -2.05. The molecule has 2 heterocycles. The zero-order valence-electron chi connectivity index (χ0n) is 14.1. The average Bonchev–Trinajstić information content (AvgIpc) is 3.20. The SMILES string of the molecule is Cc1ccc(NC(=O)Cc2csc3nc(-c4ccc(Cl)cc4)cn23)cc1. The van der Waals surface area contributed by atoms with Crippen LogP contribution in [0.2, 0.25) is 5.02 Å². The minimum Gasteiger partial charge on any atom is -0.326 e. The second-order valence-electron chi connectivity index (χ2n) is 6.10. The molecule has 2 aromatic carbocycles. The number of carbonyl (C=O) groups excluding carboxylic acids is 1. The van der Waals surface area contributed by atoms with Crippen molar-refractivity contribution >= 4 is 39.5 Å². The Morgan fingerprint density at radius 2 is 1.88 bits per heavy atom. The molecule has 0 atom stereocenters. The van der Waals surface area contributed by atoms with Gasteiger partial charge in [-0.2, -0.15) is 0 Å². The number of aryl methyl sites for hydroxylation is 1. The maximum absolute atomic E-state index is 12.4. The van der Waals surface area contributed by atoms with Crippen molar-refractivity contribution in [2.75, 3.05) is 5.32 Å². The van der Waals surface area contributed by atoms with Gasteiger partial charge in [-0.05, 0) is 31.2 Å². The van der Waals surface area contributed by atoms with Crippen LogP contribution in [0.15, 0.2) is 60.1 Å². The number of benzene rings is 2. The molecule has 0 saturated carbocycles. The van der Waals surface area contributed by atoms with Crippen molar-refractivity contribution in [1.29, 1.82) is 0 Å². The van der Waals surface area contributed by atoms with Gasteiger partial charge in [0.1, 0.15) is 0 Å². The quantitative estimate of drug-likeness (QED) is 0.527. The lowest BCUT2D eigenvalue weighted by Crippen LogP contribution is -2.15. The number of halogens is 1. The highest BCUT2D eigenvalue weighted by Gasteiger charge is 2.13. The van der Waals surface area contributed by atoms with Crippen LogP contribution < -0.4 is 5.32 Å². The molecule has 26 heavy (non-hydrogen) atoms. The van der Waals surface area contributed by atoms with Crippen LogP contribution in [0.1, 0.15) is 11.3 Å². The Balaban J connectivity index is 1.54. The second kappa shape index (κ2) is 6.94. The summed E-state index contributed by atoms with van der Waals surface area (Å²) in [5, 5.41) is 5.61. The molecule has 0 fully saturated rings. The summed E-state index contributed by atoms with van der Waals surface area (Å²) in [4.78, 5) is 17.9. The third kappa shape index (κ3) is 3.49. The van der Waals surface area contributed by atoms with Crippen LogP contribution in [0.4, 0.5) is 5.69 Å². The number of aromatic nitrogens is 2. The van der Waals surface area contributed by atoms with Gasteiger partial charge in [0.2, 0.25) is 5.91 Å². The summed E-state index contributed by atoms with van der Waals surface area (Å²) in [6.07, 6.45) is 2.26. The van der Waals surface area contributed by atoms with Crippen LogP contribution in [-0.2, 0) is 11.2 Å². The normalized spacial score (nSPS) is 11.0. The van der Waals surface area contributed by atoms with Crippen LogP contribution in [0.3, 0.4) is 0 Å². The van der Waals surface area contributed by atoms with E-state index in [0.29, 0.717) is 11.4 Å². The summed E-state index contributed by atoms with van der Waals surface area (Å²) in [7, 11) is 0. The maximum atomic E-state index is 12.4. The maximum Gasteiger partial charge on any atom is 0.230 e. The van der Waals surface area contributed by atoms with E-state index in [4.69, 9.17) is 11.6 Å². The molecule has 130 valence electrons. The van der Waals surface area contributed by atoms with E-state index in [9.17, 15) is 4.79 Å². The number of anilines is 1. The van der Waals surface area contributed by atoms with Crippen LogP contribution in [0.25, 0.3) is 16.2 Å². The smallest absolute Gasteiger partial charge is 0.230 e. The zero-order chi connectivity index (χ0) is 18.1. The fourth-order valence-electron chi connectivity index (χ4n) is 2.72. The van der Waals surface area contributed by atoms with Gasteiger partial charge in [0.15, 0.2) is 4.96 Å². The topological polar surface area (TPSA) is 46.4 Å². The first-order valence-electron chi connectivity index (χ1n) is 8.16. The molecule has 0 spiro atoms. The predicted octanol–water partition coefficient (Wildman–Crippen LogP) is 5.21. The second-order valence-corrected chi connectivity index (χ2v) is 7.38. The molecule has 0 aliphatic carbocycles. The summed E-state index contributed by atoms with van der Waals surface area (Å²) in [5.74, 6) is -0.0460. The molecule has 0 bridgehead atoms. The zero-order valence-corrected chi connectivity index (χ0v) is 15.6. The van der Waals surface area contributed by atoms with E-state index in [1.54, 1.807) is 0 Å². The first-order valence-corrected chi connectivity index (χ1v) is 9.42. The van der Waals surface area contributed by atoms with Gasteiger partial charge >= 0.3 is 0 Å². The van der Waals surface area contributed by atoms with E-state index in [-0.39, 0.29) is 5.91 Å². The third-order valence-corrected chi connectivity index (χ3v) is 5.24. The van der Waals surface area contributed by atoms with E-state index in [1.807, 2.05) is 71.4 Å². The number of nitrogens with zero attached hydrogens (tertiary/aromatic N) is 2. The van der Waals surface area contributed by atoms with Crippen molar-refractivity contribution in [3.63, 3.8) is 0 Å². The number of hydrogen-bond donors (Lipinski definition) is 1. The van der Waals surface area contributed by atoms with Crippen molar-refractivity contribution in [3.8, 4) is 11.3 Å². The van der Waals surface area contributed by atoms with Crippen LogP contribution in [0.5, 0.6) is 0 Å². The number of hydrogen-bond acceptors (Lipinski definition) is 3. The molecule has 0 aliphatic rings. The molecule has 0 aliphatic heterocycles. The number of amides is 1. The van der Waals surface area contributed by atoms with Crippen molar-refractivity contribution in [2.24, 2.45) is 0 Å². The Hall–Kier alpha value is -2.63. The molecule has 1 N–H and O–H groups in total. The highest BCUT2D eigenvalue weighted by atomic mass is 35.5. The number of rotatable bonds is 4. The van der Waals surface area contributed by atoms with E-state index >= 15 is 0 Å². The minimum absolute atomic E-state index is 0.0460. The molecular weight excluding hydrogens is 366 g/mol. The van der Waals surface area contributed by atoms with Gasteiger partial charge in [-0.15, -0.1) is 11.3 Å². The Morgan fingerprint density at radius 1 is 1.15 bits per heavy atom. The minimum atomic E-state index is -0.0460. The standard InChI is InChI=1S/C20H16ClN3OS/c1-13-2-8-16(9-3-13)22-19(25)10-17-12-26-20-23-18(11-24(17)20)14-4-6-15(21)7-5-14/h2-9,11-12H,10H2,1H3,(H,22,25). The van der Waals surface area contributed by atoms with Gasteiger partial charge in [0.25, 0.3) is 0 Å². The molecule has 0 unspecified atom stereocenters. The lowest BCUT2D eigenvalue weighted by atomic mass is 10.2. The van der Waals surface area contributed by atoms with Gasteiger partial charge in [-0.1, -0.05) is 41.4 Å². The van der Waals surface area contributed by atoms with Crippen molar-refractivity contribution in [1.82, 2.24) is 9.38 Å². The third-order valence-electron chi connectivity index (χ3n) is 4.10. The summed E-state index contributed by atoms with van der Waals surface area (Å²) in [6.45, 7) is 2.02. The van der Waals surface area contributed by atoms with Gasteiger partial charge in [-0.3, -0.25) is 9.20 Å². The van der Waals surface area contributed by atoms with Gasteiger partial charge in [-0.25, -0.2) is 4.98 Å². The molecule has 2 aromatic heterocycles. The molecule has 4 aromatic rings. The molecule has 0 radical (unpaired) electrons. The van der Waals surface area contributed by atoms with Crippen molar-refractivity contribution < 1.29 is 4.79 Å². The van der Waals surface area contributed by atoms with Crippen molar-refractivity contribution in [2.45, 2.75) is 13.3 Å². The monoisotopic (exact) mass is 381 g/mol. The molecule has 0 saturated heterocycles. The number of carbonyl (C=O) groups is 1. The van der Waals surface area contributed by atoms with Crippen LogP contribution >= 0.6 is 22.9 Å². The largest absolute Gasteiger partial charge is 0.326 e. The molecular formula is C20H16ClN3OS. The van der Waals surface area contributed by atoms with Gasteiger partial charge < -0.3 is 5.32 Å². The van der Waals surface area contributed by atoms with Crippen LogP contribution in [-0.4, -0.2) is 15.3 Å². The Kier molecular flexibility index (Phi) is 4.49. The van der Waals surface area contributed by atoms with Gasteiger partial charge in [0.05, 0.1) is 12.1 Å². The number of imidazole rings is 1. The van der Waals surface area contributed by atoms with Crippen LogP contribution in [0, 0.1) is 6.92 Å². The van der Waals surface area contributed by atoms with E-state index in [1.165, 1.54) is 11.3 Å². The average molecular weight is 382 g/mol. The summed E-state index contributed by atoms with van der Waals surface area (Å²) < 4.78 is 1.98. The molecule has 4 nitrogen and oxygen atoms in total. The highest BCUT2D eigenvalue weighted by molar-refractivity contribution is 7.15. The lowest BCUT2D eigenvalue weighted by molar-refractivity contribution is -0.115. The fraction of sp³-hybridized carbons (Fsp3) is 0.100.